The van der Waals surface area contributed by atoms with Crippen molar-refractivity contribution in [3.63, 3.8) is 0 Å². The van der Waals surface area contributed by atoms with Gasteiger partial charge in [0.2, 0.25) is 6.79 Å². The normalized spacial score (nSPS) is 19.3. The highest BCUT2D eigenvalue weighted by molar-refractivity contribution is 5.59. The molecule has 1 saturated heterocycles. The van der Waals surface area contributed by atoms with Crippen LogP contribution in [0.5, 0.6) is 0 Å². The first-order valence-corrected chi connectivity index (χ1v) is 11.4. The van der Waals surface area contributed by atoms with E-state index in [-0.39, 0.29) is 24.6 Å². The minimum atomic E-state index is -0.848. The van der Waals surface area contributed by atoms with Crippen LogP contribution in [0.4, 0.5) is 13.6 Å². The summed E-state index contributed by atoms with van der Waals surface area (Å²) in [6, 6.07) is 12.1. The van der Waals surface area contributed by atoms with E-state index in [1.165, 1.54) is 31.4 Å². The summed E-state index contributed by atoms with van der Waals surface area (Å²) < 4.78 is 48.7. The molecule has 0 bridgehead atoms. The number of hydrogen-bond acceptors (Lipinski definition) is 8. The summed E-state index contributed by atoms with van der Waals surface area (Å²) in [5.74, 6) is -0.214. The van der Waals surface area contributed by atoms with Crippen molar-refractivity contribution in [1.29, 1.82) is 0 Å². The fourth-order valence-corrected chi connectivity index (χ4v) is 4.50. The summed E-state index contributed by atoms with van der Waals surface area (Å²) in [7, 11) is 1.22. The van der Waals surface area contributed by atoms with E-state index in [1.54, 1.807) is 30.3 Å². The maximum atomic E-state index is 13.8. The third kappa shape index (κ3) is 4.77. The molecule has 0 aromatic heterocycles. The van der Waals surface area contributed by atoms with E-state index in [4.69, 9.17) is 14.2 Å². The lowest BCUT2D eigenvalue weighted by Crippen LogP contribution is -2.62. The minimum absolute atomic E-state index is 0.210. The summed E-state index contributed by atoms with van der Waals surface area (Å²) in [4.78, 5) is 13.5. The Morgan fingerprint density at radius 2 is 1.75 bits per heavy atom. The molecule has 0 radical (unpaired) electrons. The molecule has 1 atom stereocenters. The quantitative estimate of drug-likeness (QED) is 0.434. The van der Waals surface area contributed by atoms with Crippen LogP contribution >= 0.6 is 0 Å². The van der Waals surface area contributed by atoms with Gasteiger partial charge in [-0.15, -0.1) is 0 Å². The predicted molar refractivity (Wildman–Crippen MR) is 124 cm³/mol. The minimum Gasteiger partial charge on any atom is -0.455 e. The Labute approximate surface area is 207 Å². The monoisotopic (exact) mass is 497 g/mol. The number of carbonyl (C=O) groups excluding carboxylic acids is 1. The van der Waals surface area contributed by atoms with Gasteiger partial charge in [-0.3, -0.25) is 5.01 Å². The summed E-state index contributed by atoms with van der Waals surface area (Å²) >= 11 is 0. The van der Waals surface area contributed by atoms with Crippen molar-refractivity contribution < 1.29 is 32.5 Å². The van der Waals surface area contributed by atoms with Gasteiger partial charge < -0.3 is 23.8 Å². The topological polar surface area (TPSA) is 63.7 Å². The molecule has 2 aromatic rings. The molecule has 1 fully saturated rings. The van der Waals surface area contributed by atoms with Gasteiger partial charge in [0, 0.05) is 18.9 Å². The number of benzene rings is 2. The number of hydrogen-bond donors (Lipinski definition) is 0. The molecule has 3 heterocycles. The number of morpholine rings is 1. The van der Waals surface area contributed by atoms with Crippen molar-refractivity contribution in [1.82, 2.24) is 14.9 Å². The van der Waals surface area contributed by atoms with E-state index in [2.05, 4.69) is 14.6 Å². The first kappa shape index (κ1) is 23.8. The maximum Gasteiger partial charge on any atom is 0.510 e. The van der Waals surface area contributed by atoms with E-state index < -0.39 is 12.2 Å². The van der Waals surface area contributed by atoms with Crippen LogP contribution in [0.3, 0.4) is 0 Å². The van der Waals surface area contributed by atoms with Crippen molar-refractivity contribution >= 4 is 6.16 Å². The van der Waals surface area contributed by atoms with Crippen LogP contribution in [-0.4, -0.2) is 60.9 Å². The van der Waals surface area contributed by atoms with E-state index in [0.29, 0.717) is 31.2 Å². The average molecular weight is 497 g/mol. The number of ether oxygens (including phenoxy) is 4. The van der Waals surface area contributed by atoms with Crippen LogP contribution in [0.25, 0.3) is 0 Å². The number of halogens is 2. The molecule has 5 rings (SSSR count). The summed E-state index contributed by atoms with van der Waals surface area (Å²) in [5, 5.41) is 4.03. The number of rotatable bonds is 6. The lowest BCUT2D eigenvalue weighted by atomic mass is 9.96. The molecule has 3 aliphatic rings. The van der Waals surface area contributed by atoms with Crippen LogP contribution in [-0.2, 0) is 18.9 Å². The van der Waals surface area contributed by atoms with Crippen molar-refractivity contribution in [3.8, 4) is 0 Å². The maximum absolute atomic E-state index is 13.8. The number of allylic oxidation sites excluding steroid dienone is 2. The fraction of sp³-hybridized carbons (Fsp3) is 0.269. The number of carbonyl (C=O) groups is 1. The van der Waals surface area contributed by atoms with Gasteiger partial charge in [0.05, 0.1) is 26.4 Å². The second-order valence-electron chi connectivity index (χ2n) is 8.27. The van der Waals surface area contributed by atoms with Gasteiger partial charge >= 0.3 is 6.16 Å². The zero-order chi connectivity index (χ0) is 25.1. The van der Waals surface area contributed by atoms with Crippen LogP contribution in [0.2, 0.25) is 0 Å². The molecule has 0 amide bonds. The SMILES string of the molecule is COC(=O)OCOC1=CC=CN2C1=CN1CCOC[C@H]1N2C(c1ccc(F)cc1)c1ccc(F)cc1. The fourth-order valence-electron chi connectivity index (χ4n) is 4.50. The van der Waals surface area contributed by atoms with Gasteiger partial charge in [0.15, 0.2) is 0 Å². The van der Waals surface area contributed by atoms with Crippen molar-refractivity contribution in [3.05, 3.63) is 107 Å². The first-order valence-electron chi connectivity index (χ1n) is 11.4. The van der Waals surface area contributed by atoms with Crippen LogP contribution < -0.4 is 0 Å². The Morgan fingerprint density at radius 3 is 2.39 bits per heavy atom. The summed E-state index contributed by atoms with van der Waals surface area (Å²) in [6.07, 6.45) is 6.38. The largest absolute Gasteiger partial charge is 0.510 e. The highest BCUT2D eigenvalue weighted by atomic mass is 19.1. The average Bonchev–Trinajstić information content (AvgIpc) is 2.90. The van der Waals surface area contributed by atoms with Gasteiger partial charge in [-0.25, -0.2) is 13.6 Å². The Morgan fingerprint density at radius 1 is 1.08 bits per heavy atom. The molecule has 0 aliphatic carbocycles. The van der Waals surface area contributed by atoms with Crippen molar-refractivity contribution in [2.24, 2.45) is 0 Å². The Bertz CT molecular complexity index is 1140. The Kier molecular flexibility index (Phi) is 6.88. The van der Waals surface area contributed by atoms with E-state index in [9.17, 15) is 13.6 Å². The lowest BCUT2D eigenvalue weighted by molar-refractivity contribution is -0.151. The van der Waals surface area contributed by atoms with Gasteiger partial charge in [0.25, 0.3) is 0 Å². The molecule has 0 spiro atoms. The highest BCUT2D eigenvalue weighted by Crippen LogP contribution is 2.40. The zero-order valence-electron chi connectivity index (χ0n) is 19.6. The molecule has 0 saturated carbocycles. The molecule has 2 aromatic carbocycles. The molecule has 3 aliphatic heterocycles. The molecular formula is C26H25F2N3O5. The number of nitrogens with zero attached hydrogens (tertiary/aromatic N) is 3. The highest BCUT2D eigenvalue weighted by Gasteiger charge is 2.42. The summed E-state index contributed by atoms with van der Waals surface area (Å²) in [5.41, 5.74) is 2.33. The molecular weight excluding hydrogens is 472 g/mol. The predicted octanol–water partition coefficient (Wildman–Crippen LogP) is 4.25. The molecule has 10 heteroatoms. The zero-order valence-corrected chi connectivity index (χ0v) is 19.6. The number of methoxy groups -OCH3 is 1. The number of fused-ring (bicyclic) bond motifs is 2. The van der Waals surface area contributed by atoms with Crippen molar-refractivity contribution in [2.75, 3.05) is 33.7 Å². The van der Waals surface area contributed by atoms with Gasteiger partial charge in [-0.1, -0.05) is 24.3 Å². The van der Waals surface area contributed by atoms with E-state index in [1.807, 2.05) is 23.5 Å². The standard InChI is InChI=1S/C26H25F2N3O5/c1-33-26(32)36-17-35-23-3-2-12-30-22(23)15-29-13-14-34-16-24(29)31(30)25(18-4-8-20(27)9-5-18)19-6-10-21(28)11-7-19/h2-12,15,24-25H,13-14,16-17H2,1H3/t24-/m1/s1. The van der Waals surface area contributed by atoms with Crippen LogP contribution in [0, 0.1) is 11.6 Å². The number of hydrazine groups is 1. The molecule has 8 nitrogen and oxygen atoms in total. The first-order chi connectivity index (χ1) is 17.5. The van der Waals surface area contributed by atoms with Gasteiger partial charge in [-0.2, -0.15) is 5.01 Å². The molecule has 188 valence electrons. The Hall–Kier alpha value is -3.89. The lowest BCUT2D eigenvalue weighted by Gasteiger charge is -2.54. The Balaban J connectivity index is 1.55. The van der Waals surface area contributed by atoms with E-state index in [0.717, 1.165) is 11.1 Å². The molecule has 0 N–H and O–H groups in total. The third-order valence-corrected chi connectivity index (χ3v) is 6.15. The second kappa shape index (κ2) is 10.4. The van der Waals surface area contributed by atoms with Gasteiger partial charge in [-0.05, 0) is 47.5 Å². The van der Waals surface area contributed by atoms with Crippen LogP contribution in [0.15, 0.2) is 84.5 Å². The summed E-state index contributed by atoms with van der Waals surface area (Å²) in [6.45, 7) is 1.27. The van der Waals surface area contributed by atoms with E-state index >= 15 is 0 Å². The molecule has 0 unspecified atom stereocenters. The van der Waals surface area contributed by atoms with Gasteiger partial charge in [0.1, 0.15) is 29.3 Å². The third-order valence-electron chi connectivity index (χ3n) is 6.15. The molecule has 36 heavy (non-hydrogen) atoms. The van der Waals surface area contributed by atoms with Crippen LogP contribution in [0.1, 0.15) is 17.2 Å². The second-order valence-corrected chi connectivity index (χ2v) is 8.27. The van der Waals surface area contributed by atoms with Crippen molar-refractivity contribution in [2.45, 2.75) is 12.2 Å². The smallest absolute Gasteiger partial charge is 0.455 e.